The Bertz CT molecular complexity index is 628. The number of rotatable bonds is 8. The maximum atomic E-state index is 12.8. The van der Waals surface area contributed by atoms with Crippen LogP contribution in [0.15, 0.2) is 24.3 Å². The molecule has 0 unspecified atom stereocenters. The molecule has 0 spiro atoms. The minimum Gasteiger partial charge on any atom is -0.455 e. The van der Waals surface area contributed by atoms with Gasteiger partial charge in [-0.2, -0.15) is 0 Å². The first-order valence-electron chi connectivity index (χ1n) is 6.96. The van der Waals surface area contributed by atoms with E-state index in [1.165, 1.54) is 24.3 Å². The van der Waals surface area contributed by atoms with Gasteiger partial charge in [0.1, 0.15) is 11.1 Å². The van der Waals surface area contributed by atoms with Crippen molar-refractivity contribution in [1.29, 1.82) is 0 Å². The largest absolute Gasteiger partial charge is 0.455 e. The highest BCUT2D eigenvalue weighted by Gasteiger charge is 2.18. The number of benzene rings is 1. The van der Waals surface area contributed by atoms with E-state index in [9.17, 15) is 18.8 Å². The van der Waals surface area contributed by atoms with Gasteiger partial charge in [-0.25, -0.2) is 4.39 Å². The van der Waals surface area contributed by atoms with Crippen molar-refractivity contribution in [3.8, 4) is 12.3 Å². The van der Waals surface area contributed by atoms with Crippen molar-refractivity contribution in [1.82, 2.24) is 5.32 Å². The molecule has 24 heavy (non-hydrogen) atoms. The first kappa shape index (κ1) is 19.5. The minimum absolute atomic E-state index is 0.0108. The number of halogens is 1. The molecule has 1 aromatic rings. The van der Waals surface area contributed by atoms with Gasteiger partial charge >= 0.3 is 5.97 Å². The van der Waals surface area contributed by atoms with Gasteiger partial charge in [-0.3, -0.25) is 14.4 Å². The van der Waals surface area contributed by atoms with Gasteiger partial charge in [-0.15, -0.1) is 18.2 Å². The third-order valence-electron chi connectivity index (χ3n) is 2.66. The van der Waals surface area contributed by atoms with Gasteiger partial charge in [0.05, 0.1) is 12.3 Å². The van der Waals surface area contributed by atoms with Gasteiger partial charge in [0.15, 0.2) is 6.61 Å². The number of carbonyl (C=O) groups is 3. The molecule has 2 amide bonds. The van der Waals surface area contributed by atoms with E-state index in [1.807, 2.05) is 0 Å². The summed E-state index contributed by atoms with van der Waals surface area (Å²) in [5.41, 5.74) is 0.461. The van der Waals surface area contributed by atoms with E-state index in [4.69, 9.17) is 11.2 Å². The molecule has 1 atom stereocenters. The van der Waals surface area contributed by atoms with Gasteiger partial charge in [0.25, 0.3) is 5.91 Å². The number of nitrogens with one attached hydrogen (secondary N) is 2. The molecule has 1 rings (SSSR count). The maximum absolute atomic E-state index is 12.8. The summed E-state index contributed by atoms with van der Waals surface area (Å²) in [7, 11) is 0. The van der Waals surface area contributed by atoms with Crippen molar-refractivity contribution >= 4 is 35.2 Å². The van der Waals surface area contributed by atoms with E-state index in [1.54, 1.807) is 6.92 Å². The van der Waals surface area contributed by atoms with Crippen LogP contribution in [-0.2, 0) is 19.1 Å². The topological polar surface area (TPSA) is 84.5 Å². The second kappa shape index (κ2) is 10.3. The standard InChI is InChI=1S/C16H17FN2O4S/c1-3-8-18-14(20)9-23-16(22)11(2)24-10-15(21)19-13-6-4-12(17)5-7-13/h1,4-7,11H,8-10H2,2H3,(H,18,20)(H,19,21)/t11-/m1/s1. The molecular formula is C16H17FN2O4S. The summed E-state index contributed by atoms with van der Waals surface area (Å²) < 4.78 is 17.6. The van der Waals surface area contributed by atoms with Gasteiger partial charge in [-0.05, 0) is 31.2 Å². The predicted molar refractivity (Wildman–Crippen MR) is 89.8 cm³/mol. The Hall–Kier alpha value is -2.53. The van der Waals surface area contributed by atoms with Crippen molar-refractivity contribution in [2.24, 2.45) is 0 Å². The molecule has 0 saturated carbocycles. The Labute approximate surface area is 143 Å². The molecular weight excluding hydrogens is 335 g/mol. The Morgan fingerprint density at radius 2 is 1.96 bits per heavy atom. The number of amides is 2. The fourth-order valence-corrected chi connectivity index (χ4v) is 2.13. The Morgan fingerprint density at radius 3 is 2.58 bits per heavy atom. The molecule has 0 saturated heterocycles. The molecule has 8 heteroatoms. The van der Waals surface area contributed by atoms with Crippen LogP contribution in [0.3, 0.4) is 0 Å². The highest BCUT2D eigenvalue weighted by Crippen LogP contribution is 2.14. The van der Waals surface area contributed by atoms with Crippen LogP contribution >= 0.6 is 11.8 Å². The number of carbonyl (C=O) groups excluding carboxylic acids is 3. The Morgan fingerprint density at radius 1 is 1.29 bits per heavy atom. The van der Waals surface area contributed by atoms with Crippen LogP contribution in [0.5, 0.6) is 0 Å². The number of hydrogen-bond acceptors (Lipinski definition) is 5. The van der Waals surface area contributed by atoms with Crippen LogP contribution in [-0.4, -0.2) is 41.9 Å². The summed E-state index contributed by atoms with van der Waals surface area (Å²) in [6.45, 7) is 1.20. The number of terminal acetylenes is 1. The SMILES string of the molecule is C#CCNC(=O)COC(=O)[C@@H](C)SCC(=O)Nc1ccc(F)cc1. The quantitative estimate of drug-likeness (QED) is 0.542. The molecule has 0 bridgehead atoms. The van der Waals surface area contributed by atoms with Gasteiger partial charge < -0.3 is 15.4 Å². The van der Waals surface area contributed by atoms with Crippen molar-refractivity contribution in [2.45, 2.75) is 12.2 Å². The summed E-state index contributed by atoms with van der Waals surface area (Å²) in [5, 5.41) is 4.31. The molecule has 0 fully saturated rings. The van der Waals surface area contributed by atoms with Crippen LogP contribution in [0.2, 0.25) is 0 Å². The first-order chi connectivity index (χ1) is 11.4. The normalized spacial score (nSPS) is 11.0. The van der Waals surface area contributed by atoms with Gasteiger partial charge in [0, 0.05) is 5.69 Å². The zero-order valence-electron chi connectivity index (χ0n) is 13.0. The first-order valence-corrected chi connectivity index (χ1v) is 8.01. The molecule has 0 aliphatic carbocycles. The zero-order valence-corrected chi connectivity index (χ0v) is 13.8. The minimum atomic E-state index is -0.621. The lowest BCUT2D eigenvalue weighted by molar-refractivity contribution is -0.147. The lowest BCUT2D eigenvalue weighted by Gasteiger charge is -2.11. The number of esters is 1. The number of thioether (sulfide) groups is 1. The molecule has 2 N–H and O–H groups in total. The van der Waals surface area contributed by atoms with E-state index in [0.29, 0.717) is 5.69 Å². The fourth-order valence-electron chi connectivity index (χ4n) is 1.45. The van der Waals surface area contributed by atoms with Gasteiger partial charge in [0.2, 0.25) is 5.91 Å². The molecule has 6 nitrogen and oxygen atoms in total. The van der Waals surface area contributed by atoms with Crippen LogP contribution in [0.1, 0.15) is 6.92 Å². The zero-order chi connectivity index (χ0) is 17.9. The van der Waals surface area contributed by atoms with Crippen LogP contribution < -0.4 is 10.6 Å². The van der Waals surface area contributed by atoms with Crippen molar-refractivity contribution in [3.63, 3.8) is 0 Å². The summed E-state index contributed by atoms with van der Waals surface area (Å²) in [4.78, 5) is 34.7. The lowest BCUT2D eigenvalue weighted by Crippen LogP contribution is -2.31. The molecule has 0 heterocycles. The smallest absolute Gasteiger partial charge is 0.319 e. The van der Waals surface area contributed by atoms with Crippen molar-refractivity contribution in [3.05, 3.63) is 30.1 Å². The highest BCUT2D eigenvalue weighted by atomic mass is 32.2. The Kier molecular flexibility index (Phi) is 8.36. The van der Waals surface area contributed by atoms with E-state index < -0.39 is 29.6 Å². The lowest BCUT2D eigenvalue weighted by atomic mass is 10.3. The highest BCUT2D eigenvalue weighted by molar-refractivity contribution is 8.01. The predicted octanol–water partition coefficient (Wildman–Crippen LogP) is 1.18. The summed E-state index contributed by atoms with van der Waals surface area (Å²) in [6.07, 6.45) is 4.98. The van der Waals surface area contributed by atoms with Crippen molar-refractivity contribution < 1.29 is 23.5 Å². The van der Waals surface area contributed by atoms with Crippen LogP contribution in [0.4, 0.5) is 10.1 Å². The number of anilines is 1. The molecule has 0 aliphatic rings. The van der Waals surface area contributed by atoms with E-state index in [-0.39, 0.29) is 18.2 Å². The summed E-state index contributed by atoms with van der Waals surface area (Å²) in [6, 6.07) is 5.33. The second-order valence-electron chi connectivity index (χ2n) is 4.60. The molecule has 128 valence electrons. The third kappa shape index (κ3) is 7.65. The average molecular weight is 352 g/mol. The molecule has 0 aliphatic heterocycles. The summed E-state index contributed by atoms with van der Waals surface area (Å²) in [5.74, 6) is 0.401. The molecule has 1 aromatic carbocycles. The second-order valence-corrected chi connectivity index (χ2v) is 5.93. The average Bonchev–Trinajstić information content (AvgIpc) is 2.57. The number of ether oxygens (including phenoxy) is 1. The molecule has 0 aromatic heterocycles. The van der Waals surface area contributed by atoms with E-state index in [0.717, 1.165) is 11.8 Å². The van der Waals surface area contributed by atoms with Crippen LogP contribution in [0, 0.1) is 18.2 Å². The van der Waals surface area contributed by atoms with Gasteiger partial charge in [-0.1, -0.05) is 5.92 Å². The monoisotopic (exact) mass is 352 g/mol. The number of hydrogen-bond donors (Lipinski definition) is 2. The van der Waals surface area contributed by atoms with E-state index in [2.05, 4.69) is 16.6 Å². The van der Waals surface area contributed by atoms with Crippen molar-refractivity contribution in [2.75, 3.05) is 24.2 Å². The fraction of sp³-hybridized carbons (Fsp3) is 0.312. The van der Waals surface area contributed by atoms with E-state index >= 15 is 0 Å². The Balaban J connectivity index is 2.28. The maximum Gasteiger partial charge on any atom is 0.319 e. The third-order valence-corrected chi connectivity index (χ3v) is 3.78. The summed E-state index contributed by atoms with van der Waals surface area (Å²) >= 11 is 1.06. The molecule has 0 radical (unpaired) electrons. The van der Waals surface area contributed by atoms with Crippen LogP contribution in [0.25, 0.3) is 0 Å².